The van der Waals surface area contributed by atoms with E-state index in [0.29, 0.717) is 31.7 Å². The lowest BCUT2D eigenvalue weighted by Crippen LogP contribution is -2.39. The Morgan fingerprint density at radius 2 is 1.85 bits per heavy atom. The molecule has 0 radical (unpaired) electrons. The van der Waals surface area contributed by atoms with E-state index in [1.54, 1.807) is 12.1 Å². The van der Waals surface area contributed by atoms with E-state index < -0.39 is 11.7 Å². The molecule has 2 heterocycles. The van der Waals surface area contributed by atoms with Gasteiger partial charge in [-0.15, -0.1) is 10.2 Å². The lowest BCUT2D eigenvalue weighted by atomic mass is 10.1. The normalized spacial score (nSPS) is 15.6. The van der Waals surface area contributed by atoms with Crippen LogP contribution in [0.15, 0.2) is 36.4 Å². The van der Waals surface area contributed by atoms with E-state index in [4.69, 9.17) is 4.74 Å². The van der Waals surface area contributed by atoms with Crippen LogP contribution in [-0.4, -0.2) is 40.5 Å². The highest BCUT2D eigenvalue weighted by atomic mass is 79.9. The van der Waals surface area contributed by atoms with Crippen molar-refractivity contribution in [1.29, 1.82) is 0 Å². The third-order valence-corrected chi connectivity index (χ3v) is 4.82. The average Bonchev–Trinajstić information content (AvgIpc) is 2.68. The molecule has 0 atom stereocenters. The van der Waals surface area contributed by atoms with Gasteiger partial charge < -0.3 is 9.64 Å². The fourth-order valence-electron chi connectivity index (χ4n) is 2.90. The minimum atomic E-state index is -4.44. The first kappa shape index (κ1) is 19.6. The van der Waals surface area contributed by atoms with Crippen molar-refractivity contribution < 1.29 is 22.7 Å². The average molecular weight is 444 g/mol. The molecule has 0 N–H and O–H groups in total. The highest BCUT2D eigenvalue weighted by Gasteiger charge is 2.35. The van der Waals surface area contributed by atoms with Crippen LogP contribution in [0, 0.1) is 0 Å². The molecular formula is C18H17BrF3N3O2. The van der Waals surface area contributed by atoms with Crippen molar-refractivity contribution in [3.05, 3.63) is 47.7 Å². The van der Waals surface area contributed by atoms with E-state index in [1.807, 2.05) is 4.90 Å². The Labute approximate surface area is 162 Å². The summed E-state index contributed by atoms with van der Waals surface area (Å²) in [6.07, 6.45) is -3.61. The molecular weight excluding hydrogens is 427 g/mol. The molecule has 144 valence electrons. The summed E-state index contributed by atoms with van der Waals surface area (Å²) >= 11 is 3.09. The van der Waals surface area contributed by atoms with Gasteiger partial charge in [0.2, 0.25) is 0 Å². The number of halogens is 4. The Bertz CT molecular complexity index is 791. The number of carbonyl (C=O) groups excluding carboxylic acids is 1. The first-order chi connectivity index (χ1) is 12.9. The predicted octanol–water partition coefficient (Wildman–Crippen LogP) is 4.12. The molecule has 0 amide bonds. The minimum Gasteiger partial charge on any atom is -0.490 e. The second kappa shape index (κ2) is 8.24. The van der Waals surface area contributed by atoms with Crippen molar-refractivity contribution in [3.8, 4) is 5.75 Å². The number of carbonyl (C=O) groups is 1. The summed E-state index contributed by atoms with van der Waals surface area (Å²) in [5.41, 5.74) is -0.469. The Morgan fingerprint density at radius 3 is 2.44 bits per heavy atom. The summed E-state index contributed by atoms with van der Waals surface area (Å²) in [5.74, 6) is 0.348. The molecule has 5 nitrogen and oxygen atoms in total. The number of piperidine rings is 1. The summed E-state index contributed by atoms with van der Waals surface area (Å²) in [4.78, 5) is 13.5. The molecule has 2 aromatic rings. The van der Waals surface area contributed by atoms with Crippen molar-refractivity contribution in [1.82, 2.24) is 10.2 Å². The molecule has 0 aliphatic carbocycles. The molecule has 0 unspecified atom stereocenters. The van der Waals surface area contributed by atoms with Crippen LogP contribution in [0.1, 0.15) is 28.9 Å². The maximum atomic E-state index is 13.1. The Balaban J connectivity index is 1.61. The molecule has 1 aliphatic heterocycles. The largest absolute Gasteiger partial charge is 0.490 e. The van der Waals surface area contributed by atoms with E-state index in [9.17, 15) is 18.0 Å². The highest BCUT2D eigenvalue weighted by molar-refractivity contribution is 9.09. The molecule has 1 aromatic heterocycles. The lowest BCUT2D eigenvalue weighted by Gasteiger charge is -2.33. The van der Waals surface area contributed by atoms with Crippen molar-refractivity contribution in [3.63, 3.8) is 0 Å². The first-order valence-electron chi connectivity index (χ1n) is 8.39. The van der Waals surface area contributed by atoms with Crippen LogP contribution < -0.4 is 9.64 Å². The van der Waals surface area contributed by atoms with Gasteiger partial charge in [-0.25, -0.2) is 0 Å². The Hall–Kier alpha value is -2.16. The number of alkyl halides is 4. The second-order valence-corrected chi connectivity index (χ2v) is 6.69. The van der Waals surface area contributed by atoms with Gasteiger partial charge in [0.15, 0.2) is 11.6 Å². The topological polar surface area (TPSA) is 55.3 Å². The van der Waals surface area contributed by atoms with Gasteiger partial charge >= 0.3 is 6.18 Å². The zero-order valence-electron chi connectivity index (χ0n) is 14.2. The van der Waals surface area contributed by atoms with Crippen LogP contribution >= 0.6 is 15.9 Å². The van der Waals surface area contributed by atoms with Crippen LogP contribution in [0.3, 0.4) is 0 Å². The molecule has 0 bridgehead atoms. The van der Waals surface area contributed by atoms with Crippen molar-refractivity contribution in [2.45, 2.75) is 25.1 Å². The summed E-state index contributed by atoms with van der Waals surface area (Å²) in [5, 5.41) is 8.18. The molecule has 1 saturated heterocycles. The predicted molar refractivity (Wildman–Crippen MR) is 97.5 cm³/mol. The van der Waals surface area contributed by atoms with Crippen molar-refractivity contribution >= 4 is 27.5 Å². The minimum absolute atomic E-state index is 0.138. The number of para-hydroxylation sites is 1. The lowest BCUT2D eigenvalue weighted by molar-refractivity contribution is -0.139. The van der Waals surface area contributed by atoms with Crippen molar-refractivity contribution in [2.75, 3.05) is 23.3 Å². The van der Waals surface area contributed by atoms with Gasteiger partial charge in [-0.3, -0.25) is 4.79 Å². The van der Waals surface area contributed by atoms with Crippen LogP contribution in [0.4, 0.5) is 19.0 Å². The number of nitrogens with zero attached hydrogens (tertiary/aromatic N) is 3. The smallest absolute Gasteiger partial charge is 0.419 e. The van der Waals surface area contributed by atoms with Gasteiger partial charge in [0.1, 0.15) is 17.5 Å². The first-order valence-corrected chi connectivity index (χ1v) is 9.51. The molecule has 3 rings (SSSR count). The zero-order chi connectivity index (χ0) is 19.4. The number of hydrogen-bond donors (Lipinski definition) is 0. The van der Waals surface area contributed by atoms with E-state index >= 15 is 0 Å². The molecule has 0 spiro atoms. The number of aromatic nitrogens is 2. The summed E-state index contributed by atoms with van der Waals surface area (Å²) < 4.78 is 44.8. The van der Waals surface area contributed by atoms with Crippen LogP contribution in [0.5, 0.6) is 5.75 Å². The number of hydrogen-bond acceptors (Lipinski definition) is 5. The van der Waals surface area contributed by atoms with Crippen LogP contribution in [0.25, 0.3) is 0 Å². The van der Waals surface area contributed by atoms with Gasteiger partial charge in [0, 0.05) is 25.9 Å². The number of benzene rings is 1. The summed E-state index contributed by atoms with van der Waals surface area (Å²) in [6, 6.07) is 8.60. The number of ether oxygens (including phenoxy) is 1. The third kappa shape index (κ3) is 4.77. The van der Waals surface area contributed by atoms with Crippen LogP contribution in [-0.2, 0) is 6.18 Å². The number of Topliss-reactive ketones (excluding diaryl/α,β-unsaturated/α-hetero) is 1. The zero-order valence-corrected chi connectivity index (χ0v) is 15.8. The number of rotatable bonds is 5. The van der Waals surface area contributed by atoms with Crippen molar-refractivity contribution in [2.24, 2.45) is 0 Å². The maximum Gasteiger partial charge on any atom is 0.419 e. The molecule has 27 heavy (non-hydrogen) atoms. The van der Waals surface area contributed by atoms with E-state index in [2.05, 4.69) is 26.1 Å². The van der Waals surface area contributed by atoms with Crippen LogP contribution in [0.2, 0.25) is 0 Å². The summed E-state index contributed by atoms with van der Waals surface area (Å²) in [7, 11) is 0. The number of anilines is 1. The molecule has 0 saturated carbocycles. The number of ketones is 1. The van der Waals surface area contributed by atoms with E-state index in [-0.39, 0.29) is 28.7 Å². The second-order valence-electron chi connectivity index (χ2n) is 6.13. The fraction of sp³-hybridized carbons (Fsp3) is 0.389. The molecule has 1 aromatic carbocycles. The Kier molecular flexibility index (Phi) is 5.98. The van der Waals surface area contributed by atoms with E-state index in [0.717, 1.165) is 6.07 Å². The van der Waals surface area contributed by atoms with Gasteiger partial charge in [-0.2, -0.15) is 13.2 Å². The Morgan fingerprint density at radius 1 is 1.15 bits per heavy atom. The monoisotopic (exact) mass is 443 g/mol. The molecule has 1 fully saturated rings. The van der Waals surface area contributed by atoms with Gasteiger partial charge in [-0.1, -0.05) is 28.1 Å². The molecule has 1 aliphatic rings. The van der Waals surface area contributed by atoms with Gasteiger partial charge in [0.25, 0.3) is 0 Å². The highest BCUT2D eigenvalue weighted by Crippen LogP contribution is 2.37. The fourth-order valence-corrected chi connectivity index (χ4v) is 3.18. The van der Waals surface area contributed by atoms with Gasteiger partial charge in [-0.05, 0) is 24.3 Å². The standard InChI is InChI=1S/C18H17BrF3N3O2/c19-11-15(26)14-5-6-17(24-23-14)25-9-7-12(8-10-25)27-16-4-2-1-3-13(16)18(20,21)22/h1-6,12H,7-11H2. The van der Waals surface area contributed by atoms with Gasteiger partial charge in [0.05, 0.1) is 10.9 Å². The third-order valence-electron chi connectivity index (χ3n) is 4.31. The quantitative estimate of drug-likeness (QED) is 0.513. The molecule has 9 heteroatoms. The summed E-state index contributed by atoms with van der Waals surface area (Å²) in [6.45, 7) is 1.17. The van der Waals surface area contributed by atoms with E-state index in [1.165, 1.54) is 18.2 Å². The SMILES string of the molecule is O=C(CBr)c1ccc(N2CCC(Oc3ccccc3C(F)(F)F)CC2)nn1. The maximum absolute atomic E-state index is 13.1.